The van der Waals surface area contributed by atoms with E-state index in [1.54, 1.807) is 0 Å². The molecule has 0 radical (unpaired) electrons. The smallest absolute Gasteiger partial charge is 0.199 e. The lowest BCUT2D eigenvalue weighted by molar-refractivity contribution is -0.134. The van der Waals surface area contributed by atoms with Gasteiger partial charge in [-0.1, -0.05) is 30.3 Å². The van der Waals surface area contributed by atoms with Gasteiger partial charge >= 0.3 is 0 Å². The van der Waals surface area contributed by atoms with Crippen LogP contribution in [0, 0.1) is 0 Å². The molecule has 1 saturated carbocycles. The summed E-state index contributed by atoms with van der Waals surface area (Å²) in [6.07, 6.45) is 0.783. The molecule has 0 spiro atoms. The second kappa shape index (κ2) is 3.13. The Balaban J connectivity index is 2.21. The molecule has 0 aromatic heterocycles. The van der Waals surface area contributed by atoms with Gasteiger partial charge in [-0.25, -0.2) is 0 Å². The molecule has 2 rings (SSSR count). The fourth-order valence-corrected chi connectivity index (χ4v) is 1.71. The van der Waals surface area contributed by atoms with Crippen LogP contribution in [0.2, 0.25) is 0 Å². The minimum atomic E-state index is -0.214. The molecule has 1 aromatic rings. The van der Waals surface area contributed by atoms with Crippen molar-refractivity contribution in [2.45, 2.75) is 18.8 Å². The Bertz CT molecular complexity index is 324. The molecular weight excluding hydrogens is 164 g/mol. The third kappa shape index (κ3) is 1.52. The topological polar surface area (TPSA) is 34.1 Å². The molecule has 1 aliphatic rings. The first-order chi connectivity index (χ1) is 6.27. The van der Waals surface area contributed by atoms with Crippen molar-refractivity contribution in [2.75, 3.05) is 0 Å². The van der Waals surface area contributed by atoms with E-state index >= 15 is 0 Å². The lowest BCUT2D eigenvalue weighted by atomic mass is 9.98. The van der Waals surface area contributed by atoms with E-state index in [1.807, 2.05) is 30.3 Å². The first kappa shape index (κ1) is 8.17. The van der Waals surface area contributed by atoms with Gasteiger partial charge in [0.1, 0.15) is 0 Å². The van der Waals surface area contributed by atoms with E-state index in [0.29, 0.717) is 12.8 Å². The maximum atomic E-state index is 11.0. The third-order valence-electron chi connectivity index (χ3n) is 2.45. The van der Waals surface area contributed by atoms with Gasteiger partial charge in [-0.15, -0.1) is 0 Å². The Morgan fingerprint density at radius 1 is 0.923 bits per heavy atom. The van der Waals surface area contributed by atoms with Crippen molar-refractivity contribution in [2.24, 2.45) is 0 Å². The summed E-state index contributed by atoms with van der Waals surface area (Å²) in [5.74, 6) is -0.302. The van der Waals surface area contributed by atoms with Crippen LogP contribution in [0.25, 0.3) is 0 Å². The van der Waals surface area contributed by atoms with Gasteiger partial charge in [-0.05, 0) is 11.5 Å². The molecule has 0 aliphatic heterocycles. The summed E-state index contributed by atoms with van der Waals surface area (Å²) in [6, 6.07) is 9.74. The number of ketones is 2. The van der Waals surface area contributed by atoms with Gasteiger partial charge in [0, 0.05) is 12.8 Å². The maximum Gasteiger partial charge on any atom is 0.199 e. The summed E-state index contributed by atoms with van der Waals surface area (Å²) < 4.78 is 0. The first-order valence-electron chi connectivity index (χ1n) is 4.38. The number of hydrogen-bond donors (Lipinski definition) is 0. The zero-order chi connectivity index (χ0) is 9.26. The van der Waals surface area contributed by atoms with Gasteiger partial charge in [0.25, 0.3) is 0 Å². The number of rotatable bonds is 1. The van der Waals surface area contributed by atoms with Crippen LogP contribution in [0.4, 0.5) is 0 Å². The molecule has 0 unspecified atom stereocenters. The molecule has 0 heterocycles. The number of hydrogen-bond acceptors (Lipinski definition) is 2. The van der Waals surface area contributed by atoms with Crippen molar-refractivity contribution in [3.05, 3.63) is 35.9 Å². The van der Waals surface area contributed by atoms with E-state index in [2.05, 4.69) is 0 Å². The second-order valence-corrected chi connectivity index (χ2v) is 3.36. The van der Waals surface area contributed by atoms with E-state index in [-0.39, 0.29) is 17.5 Å². The summed E-state index contributed by atoms with van der Waals surface area (Å²) in [5, 5.41) is 0. The van der Waals surface area contributed by atoms with Crippen molar-refractivity contribution >= 4 is 11.6 Å². The predicted octanol–water partition coefficient (Wildman–Crippen LogP) is 1.70. The standard InChI is InChI=1S/C11H10O2/c12-10-6-9(7-11(10)13)8-4-2-1-3-5-8/h1-5,9H,6-7H2. The maximum absolute atomic E-state index is 11.0. The summed E-state index contributed by atoms with van der Waals surface area (Å²) in [7, 11) is 0. The second-order valence-electron chi connectivity index (χ2n) is 3.36. The fourth-order valence-electron chi connectivity index (χ4n) is 1.71. The van der Waals surface area contributed by atoms with Crippen LogP contribution in [0.15, 0.2) is 30.3 Å². The number of carbonyl (C=O) groups is 2. The van der Waals surface area contributed by atoms with Crippen LogP contribution in [-0.4, -0.2) is 11.6 Å². The molecular formula is C11H10O2. The Morgan fingerprint density at radius 3 is 2.00 bits per heavy atom. The number of benzene rings is 1. The van der Waals surface area contributed by atoms with Gasteiger partial charge in [0.05, 0.1) is 0 Å². The van der Waals surface area contributed by atoms with Gasteiger partial charge in [0.15, 0.2) is 11.6 Å². The van der Waals surface area contributed by atoms with Crippen LogP contribution in [-0.2, 0) is 9.59 Å². The van der Waals surface area contributed by atoms with Crippen LogP contribution in [0.3, 0.4) is 0 Å². The highest BCUT2D eigenvalue weighted by atomic mass is 16.2. The third-order valence-corrected chi connectivity index (χ3v) is 2.45. The Kier molecular flexibility index (Phi) is 1.97. The minimum Gasteiger partial charge on any atom is -0.291 e. The largest absolute Gasteiger partial charge is 0.291 e. The van der Waals surface area contributed by atoms with Crippen molar-refractivity contribution in [1.82, 2.24) is 0 Å². The lowest BCUT2D eigenvalue weighted by Gasteiger charge is -2.05. The van der Waals surface area contributed by atoms with E-state index < -0.39 is 0 Å². The molecule has 2 heteroatoms. The minimum absolute atomic E-state index is 0.126. The average Bonchev–Trinajstić information content (AvgIpc) is 2.49. The van der Waals surface area contributed by atoms with E-state index in [1.165, 1.54) is 0 Å². The molecule has 0 amide bonds. The zero-order valence-electron chi connectivity index (χ0n) is 7.19. The normalized spacial score (nSPS) is 18.2. The van der Waals surface area contributed by atoms with Crippen LogP contribution >= 0.6 is 0 Å². The first-order valence-corrected chi connectivity index (χ1v) is 4.38. The van der Waals surface area contributed by atoms with Crippen molar-refractivity contribution in [3.63, 3.8) is 0 Å². The van der Waals surface area contributed by atoms with Gasteiger partial charge < -0.3 is 0 Å². The summed E-state index contributed by atoms with van der Waals surface area (Å²) >= 11 is 0. The quantitative estimate of drug-likeness (QED) is 0.607. The number of carbonyl (C=O) groups excluding carboxylic acids is 2. The average molecular weight is 174 g/mol. The molecule has 1 aliphatic carbocycles. The van der Waals surface area contributed by atoms with Gasteiger partial charge in [0.2, 0.25) is 0 Å². The molecule has 1 fully saturated rings. The molecule has 66 valence electrons. The molecule has 2 nitrogen and oxygen atoms in total. The van der Waals surface area contributed by atoms with Crippen LogP contribution < -0.4 is 0 Å². The molecule has 0 bridgehead atoms. The molecule has 1 aromatic carbocycles. The van der Waals surface area contributed by atoms with Crippen LogP contribution in [0.5, 0.6) is 0 Å². The predicted molar refractivity (Wildman–Crippen MR) is 48.4 cm³/mol. The van der Waals surface area contributed by atoms with E-state index in [9.17, 15) is 9.59 Å². The summed E-state index contributed by atoms with van der Waals surface area (Å²) in [4.78, 5) is 22.0. The lowest BCUT2D eigenvalue weighted by Crippen LogP contribution is -2.01. The van der Waals surface area contributed by atoms with Crippen molar-refractivity contribution in [1.29, 1.82) is 0 Å². The monoisotopic (exact) mass is 174 g/mol. The fraction of sp³-hybridized carbons (Fsp3) is 0.273. The van der Waals surface area contributed by atoms with E-state index in [0.717, 1.165) is 5.56 Å². The van der Waals surface area contributed by atoms with Crippen molar-refractivity contribution < 1.29 is 9.59 Å². The highest BCUT2D eigenvalue weighted by Crippen LogP contribution is 2.29. The highest BCUT2D eigenvalue weighted by Gasteiger charge is 2.30. The van der Waals surface area contributed by atoms with Gasteiger partial charge in [-0.2, -0.15) is 0 Å². The molecule has 13 heavy (non-hydrogen) atoms. The summed E-state index contributed by atoms with van der Waals surface area (Å²) in [6.45, 7) is 0. The Morgan fingerprint density at radius 2 is 1.46 bits per heavy atom. The Hall–Kier alpha value is -1.44. The molecule has 0 N–H and O–H groups in total. The van der Waals surface area contributed by atoms with Gasteiger partial charge in [-0.3, -0.25) is 9.59 Å². The van der Waals surface area contributed by atoms with E-state index in [4.69, 9.17) is 0 Å². The SMILES string of the molecule is O=C1CC(c2ccccc2)CC1=O. The molecule has 0 saturated heterocycles. The number of Topliss-reactive ketones (excluding diaryl/α,β-unsaturated/α-hetero) is 2. The molecule has 0 atom stereocenters. The summed E-state index contributed by atoms with van der Waals surface area (Å²) in [5.41, 5.74) is 1.10. The zero-order valence-corrected chi connectivity index (χ0v) is 7.19. The highest BCUT2D eigenvalue weighted by molar-refractivity contribution is 6.39. The van der Waals surface area contributed by atoms with Crippen molar-refractivity contribution in [3.8, 4) is 0 Å². The van der Waals surface area contributed by atoms with Crippen LogP contribution in [0.1, 0.15) is 24.3 Å². The Labute approximate surface area is 76.6 Å².